The molecule has 0 bridgehead atoms. The number of anilines is 2. The number of rotatable bonds is 5. The Labute approximate surface area is 147 Å². The van der Waals surface area contributed by atoms with Crippen molar-refractivity contribution < 1.29 is 19.1 Å². The number of nitrogens with one attached hydrogen (secondary N) is 1. The first-order chi connectivity index (χ1) is 12.7. The topological polar surface area (TPSA) is 109 Å². The maximum atomic E-state index is 11.6. The molecule has 0 radical (unpaired) electrons. The van der Waals surface area contributed by atoms with Crippen LogP contribution in [0.3, 0.4) is 0 Å². The smallest absolute Gasteiger partial charge is 0.373 e. The molecule has 26 heavy (non-hydrogen) atoms. The third-order valence-corrected chi connectivity index (χ3v) is 3.56. The number of hydrogen-bond donors (Lipinski definition) is 1. The molecule has 0 fully saturated rings. The van der Waals surface area contributed by atoms with Crippen LogP contribution in [-0.2, 0) is 0 Å². The third kappa shape index (κ3) is 3.05. The van der Waals surface area contributed by atoms with E-state index in [4.69, 9.17) is 14.2 Å². The zero-order valence-corrected chi connectivity index (χ0v) is 13.3. The van der Waals surface area contributed by atoms with Crippen molar-refractivity contribution in [2.45, 2.75) is 0 Å². The molecule has 0 spiro atoms. The van der Waals surface area contributed by atoms with Crippen LogP contribution in [0.5, 0.6) is 23.1 Å². The standard InChI is InChI=1S/C17H12N4O5/c22-21(23)15-16(20-11-6-7-13-14(8-11)25-10-24-13)18-9-19-17(15)26-12-4-2-1-3-5-12/h1-9H,10H2,(H,18,19,20). The first kappa shape index (κ1) is 15.6. The quantitative estimate of drug-likeness (QED) is 0.547. The van der Waals surface area contributed by atoms with Crippen LogP contribution in [0, 0.1) is 10.1 Å². The van der Waals surface area contributed by atoms with Gasteiger partial charge in [0.1, 0.15) is 12.1 Å². The maximum absolute atomic E-state index is 11.6. The lowest BCUT2D eigenvalue weighted by molar-refractivity contribution is -0.385. The van der Waals surface area contributed by atoms with Gasteiger partial charge in [-0.3, -0.25) is 10.1 Å². The summed E-state index contributed by atoms with van der Waals surface area (Å²) in [5, 5.41) is 14.5. The Morgan fingerprint density at radius 2 is 1.88 bits per heavy atom. The molecule has 9 heteroatoms. The van der Waals surface area contributed by atoms with Crippen LogP contribution in [0.4, 0.5) is 17.2 Å². The highest BCUT2D eigenvalue weighted by Crippen LogP contribution is 2.38. The van der Waals surface area contributed by atoms with Crippen molar-refractivity contribution >= 4 is 17.2 Å². The van der Waals surface area contributed by atoms with Crippen LogP contribution in [-0.4, -0.2) is 21.7 Å². The van der Waals surface area contributed by atoms with Gasteiger partial charge in [0, 0.05) is 11.8 Å². The van der Waals surface area contributed by atoms with E-state index in [1.54, 1.807) is 42.5 Å². The molecule has 3 aromatic rings. The number of benzene rings is 2. The predicted molar refractivity (Wildman–Crippen MR) is 91.1 cm³/mol. The average Bonchev–Trinajstić information content (AvgIpc) is 3.10. The van der Waals surface area contributed by atoms with Gasteiger partial charge in [-0.2, -0.15) is 4.98 Å². The van der Waals surface area contributed by atoms with Crippen molar-refractivity contribution in [3.8, 4) is 23.1 Å². The molecule has 0 atom stereocenters. The Hall–Kier alpha value is -3.88. The van der Waals surface area contributed by atoms with Crippen LogP contribution < -0.4 is 19.5 Å². The van der Waals surface area contributed by atoms with E-state index in [2.05, 4.69) is 15.3 Å². The molecule has 1 aromatic heterocycles. The van der Waals surface area contributed by atoms with Gasteiger partial charge < -0.3 is 19.5 Å². The lowest BCUT2D eigenvalue weighted by Gasteiger charge is -2.09. The van der Waals surface area contributed by atoms with Crippen LogP contribution in [0.2, 0.25) is 0 Å². The molecule has 130 valence electrons. The monoisotopic (exact) mass is 352 g/mol. The van der Waals surface area contributed by atoms with Gasteiger partial charge in [-0.25, -0.2) is 4.98 Å². The number of nitro groups is 1. The second kappa shape index (κ2) is 6.55. The van der Waals surface area contributed by atoms with Gasteiger partial charge in [0.05, 0.1) is 4.92 Å². The zero-order chi connectivity index (χ0) is 17.9. The maximum Gasteiger partial charge on any atom is 0.373 e. The van der Waals surface area contributed by atoms with Crippen molar-refractivity contribution in [1.29, 1.82) is 0 Å². The summed E-state index contributed by atoms with van der Waals surface area (Å²) in [6.07, 6.45) is 1.20. The number of hydrogen-bond acceptors (Lipinski definition) is 8. The summed E-state index contributed by atoms with van der Waals surface area (Å²) in [5.41, 5.74) is 0.190. The Kier molecular flexibility index (Phi) is 3.94. The van der Waals surface area contributed by atoms with E-state index in [9.17, 15) is 10.1 Å². The van der Waals surface area contributed by atoms with Crippen molar-refractivity contribution in [1.82, 2.24) is 9.97 Å². The molecule has 2 heterocycles. The molecule has 1 N–H and O–H groups in total. The fourth-order valence-electron chi connectivity index (χ4n) is 2.40. The summed E-state index contributed by atoms with van der Waals surface area (Å²) in [4.78, 5) is 18.9. The van der Waals surface area contributed by atoms with E-state index in [1.807, 2.05) is 6.07 Å². The Bertz CT molecular complexity index is 965. The van der Waals surface area contributed by atoms with E-state index in [0.29, 0.717) is 22.9 Å². The highest BCUT2D eigenvalue weighted by Gasteiger charge is 2.25. The molecule has 0 saturated heterocycles. The number of fused-ring (bicyclic) bond motifs is 1. The largest absolute Gasteiger partial charge is 0.454 e. The Balaban J connectivity index is 1.67. The summed E-state index contributed by atoms with van der Waals surface area (Å²) >= 11 is 0. The molecule has 1 aliphatic heterocycles. The second-order valence-corrected chi connectivity index (χ2v) is 5.24. The molecule has 0 aliphatic carbocycles. The van der Waals surface area contributed by atoms with Crippen molar-refractivity contribution in [2.75, 3.05) is 12.1 Å². The fourth-order valence-corrected chi connectivity index (χ4v) is 2.40. The van der Waals surface area contributed by atoms with E-state index in [-0.39, 0.29) is 24.2 Å². The highest BCUT2D eigenvalue weighted by molar-refractivity contribution is 5.70. The van der Waals surface area contributed by atoms with Gasteiger partial charge in [-0.1, -0.05) is 18.2 Å². The lowest BCUT2D eigenvalue weighted by atomic mass is 10.2. The normalized spacial score (nSPS) is 11.8. The third-order valence-electron chi connectivity index (χ3n) is 3.56. The minimum atomic E-state index is -0.590. The van der Waals surface area contributed by atoms with Gasteiger partial charge >= 0.3 is 11.6 Å². The number of ether oxygens (including phenoxy) is 3. The molecule has 0 saturated carbocycles. The molecule has 9 nitrogen and oxygen atoms in total. The first-order valence-corrected chi connectivity index (χ1v) is 7.59. The molecule has 4 rings (SSSR count). The van der Waals surface area contributed by atoms with Gasteiger partial charge in [-0.05, 0) is 24.3 Å². The summed E-state index contributed by atoms with van der Waals surface area (Å²) < 4.78 is 16.1. The summed E-state index contributed by atoms with van der Waals surface area (Å²) in [6, 6.07) is 13.8. The summed E-state index contributed by atoms with van der Waals surface area (Å²) in [6.45, 7) is 0.140. The SMILES string of the molecule is O=[N+]([O-])c1c(Nc2ccc3c(c2)OCO3)ncnc1Oc1ccccc1. The van der Waals surface area contributed by atoms with Crippen molar-refractivity contribution in [3.63, 3.8) is 0 Å². The molecule has 0 unspecified atom stereocenters. The fraction of sp³-hybridized carbons (Fsp3) is 0.0588. The Morgan fingerprint density at radius 3 is 2.69 bits per heavy atom. The van der Waals surface area contributed by atoms with Crippen molar-refractivity contribution in [2.24, 2.45) is 0 Å². The predicted octanol–water partition coefficient (Wildman–Crippen LogP) is 3.65. The van der Waals surface area contributed by atoms with E-state index >= 15 is 0 Å². The van der Waals surface area contributed by atoms with Gasteiger partial charge in [-0.15, -0.1) is 0 Å². The first-order valence-electron chi connectivity index (χ1n) is 7.59. The molecular formula is C17H12N4O5. The summed E-state index contributed by atoms with van der Waals surface area (Å²) in [5.74, 6) is 1.45. The van der Waals surface area contributed by atoms with Crippen LogP contribution in [0.15, 0.2) is 54.9 Å². The van der Waals surface area contributed by atoms with E-state index in [1.165, 1.54) is 6.33 Å². The molecular weight excluding hydrogens is 340 g/mol. The Morgan fingerprint density at radius 1 is 1.08 bits per heavy atom. The van der Waals surface area contributed by atoms with Crippen LogP contribution >= 0.6 is 0 Å². The van der Waals surface area contributed by atoms with Crippen molar-refractivity contribution in [3.05, 3.63) is 65.0 Å². The van der Waals surface area contributed by atoms with Gasteiger partial charge in [0.2, 0.25) is 12.6 Å². The van der Waals surface area contributed by atoms with Crippen LogP contribution in [0.1, 0.15) is 0 Å². The van der Waals surface area contributed by atoms with E-state index < -0.39 is 4.92 Å². The lowest BCUT2D eigenvalue weighted by Crippen LogP contribution is -2.03. The van der Waals surface area contributed by atoms with E-state index in [0.717, 1.165) is 0 Å². The second-order valence-electron chi connectivity index (χ2n) is 5.24. The molecule has 0 amide bonds. The minimum Gasteiger partial charge on any atom is -0.454 e. The van der Waals surface area contributed by atoms with Crippen LogP contribution in [0.25, 0.3) is 0 Å². The number of para-hydroxylation sites is 1. The molecule has 1 aliphatic rings. The summed E-state index contributed by atoms with van der Waals surface area (Å²) in [7, 11) is 0. The average molecular weight is 352 g/mol. The minimum absolute atomic E-state index is 0.00907. The van der Waals surface area contributed by atoms with Gasteiger partial charge in [0.25, 0.3) is 0 Å². The number of nitrogens with zero attached hydrogens (tertiary/aromatic N) is 3. The highest BCUT2D eigenvalue weighted by atomic mass is 16.7. The van der Waals surface area contributed by atoms with Gasteiger partial charge in [0.15, 0.2) is 11.5 Å². The molecule has 2 aromatic carbocycles. The zero-order valence-electron chi connectivity index (χ0n) is 13.3. The number of aromatic nitrogens is 2.